The first kappa shape index (κ1) is 7.74. The van der Waals surface area contributed by atoms with E-state index in [0.717, 1.165) is 12.8 Å². The molecule has 0 amide bonds. The Morgan fingerprint density at radius 2 is 2.17 bits per heavy atom. The van der Waals surface area contributed by atoms with Crippen LogP contribution in [0.15, 0.2) is 18.5 Å². The summed E-state index contributed by atoms with van der Waals surface area (Å²) in [5.74, 6) is 0. The fraction of sp³-hybridized carbons (Fsp3) is 0.500. The van der Waals surface area contributed by atoms with Crippen molar-refractivity contribution in [2.45, 2.75) is 31.7 Å². The lowest BCUT2D eigenvalue weighted by atomic mass is 9.73. The van der Waals surface area contributed by atoms with Crippen LogP contribution < -0.4 is 5.73 Å². The normalized spacial score (nSPS) is 20.2. The van der Waals surface area contributed by atoms with E-state index < -0.39 is 0 Å². The van der Waals surface area contributed by atoms with Crippen LogP contribution in [-0.4, -0.2) is 4.98 Å². The first-order valence-electron chi connectivity index (χ1n) is 4.42. The molecule has 0 radical (unpaired) electrons. The minimum absolute atomic E-state index is 0.0565. The molecule has 64 valence electrons. The van der Waals surface area contributed by atoms with E-state index in [2.05, 4.69) is 18.0 Å². The van der Waals surface area contributed by atoms with Crippen LogP contribution in [0.4, 0.5) is 0 Å². The average Bonchev–Trinajstić information content (AvgIpc) is 2.00. The molecule has 2 N–H and O–H groups in total. The van der Waals surface area contributed by atoms with Gasteiger partial charge >= 0.3 is 0 Å². The van der Waals surface area contributed by atoms with E-state index in [-0.39, 0.29) is 5.54 Å². The van der Waals surface area contributed by atoms with Crippen LogP contribution in [-0.2, 0) is 5.54 Å². The van der Waals surface area contributed by atoms with E-state index in [9.17, 15) is 0 Å². The summed E-state index contributed by atoms with van der Waals surface area (Å²) in [6, 6.07) is 2.14. The molecule has 0 aliphatic heterocycles. The summed E-state index contributed by atoms with van der Waals surface area (Å²) >= 11 is 0. The third-order valence-corrected chi connectivity index (χ3v) is 2.70. The number of nitrogens with two attached hydrogens (primary N) is 1. The monoisotopic (exact) mass is 162 g/mol. The largest absolute Gasteiger partial charge is 0.321 e. The van der Waals surface area contributed by atoms with Gasteiger partial charge in [0.15, 0.2) is 0 Å². The number of hydrogen-bond acceptors (Lipinski definition) is 2. The fourth-order valence-electron chi connectivity index (χ4n) is 1.67. The minimum atomic E-state index is -0.0565. The zero-order chi connectivity index (χ0) is 8.60. The van der Waals surface area contributed by atoms with E-state index in [1.807, 2.05) is 12.4 Å². The molecule has 0 unspecified atom stereocenters. The Balaban J connectivity index is 2.33. The average molecular weight is 162 g/mol. The first-order chi connectivity index (χ1) is 5.71. The highest BCUT2D eigenvalue weighted by molar-refractivity contribution is 5.26. The van der Waals surface area contributed by atoms with Crippen LogP contribution in [0.25, 0.3) is 0 Å². The second kappa shape index (κ2) is 2.56. The van der Waals surface area contributed by atoms with Crippen LogP contribution in [0.1, 0.15) is 30.4 Å². The van der Waals surface area contributed by atoms with Crippen molar-refractivity contribution in [2.24, 2.45) is 5.73 Å². The van der Waals surface area contributed by atoms with Crippen molar-refractivity contribution in [3.63, 3.8) is 0 Å². The third-order valence-electron chi connectivity index (χ3n) is 2.70. The molecular formula is C10H14N2. The number of aromatic nitrogens is 1. The van der Waals surface area contributed by atoms with Crippen molar-refractivity contribution >= 4 is 0 Å². The molecular weight excluding hydrogens is 148 g/mol. The summed E-state index contributed by atoms with van der Waals surface area (Å²) in [4.78, 5) is 4.15. The number of nitrogens with zero attached hydrogens (tertiary/aromatic N) is 1. The van der Waals surface area contributed by atoms with Crippen molar-refractivity contribution < 1.29 is 0 Å². The number of pyridine rings is 1. The first-order valence-corrected chi connectivity index (χ1v) is 4.42. The Bertz CT molecular complexity index is 290. The lowest BCUT2D eigenvalue weighted by Crippen LogP contribution is -2.43. The second-order valence-electron chi connectivity index (χ2n) is 3.76. The quantitative estimate of drug-likeness (QED) is 0.683. The summed E-state index contributed by atoms with van der Waals surface area (Å²) in [6.07, 6.45) is 7.23. The number of rotatable bonds is 1. The maximum Gasteiger partial charge on any atom is 0.0425 e. The van der Waals surface area contributed by atoms with E-state index in [1.54, 1.807) is 0 Å². The van der Waals surface area contributed by atoms with E-state index >= 15 is 0 Å². The van der Waals surface area contributed by atoms with E-state index in [4.69, 9.17) is 5.73 Å². The molecule has 0 spiro atoms. The lowest BCUT2D eigenvalue weighted by Gasteiger charge is -2.38. The lowest BCUT2D eigenvalue weighted by molar-refractivity contribution is 0.253. The molecule has 2 nitrogen and oxygen atoms in total. The molecule has 12 heavy (non-hydrogen) atoms. The molecule has 1 aromatic heterocycles. The predicted molar refractivity (Wildman–Crippen MR) is 48.7 cm³/mol. The molecule has 1 saturated carbocycles. The molecule has 0 aromatic carbocycles. The van der Waals surface area contributed by atoms with Gasteiger partial charge in [-0.15, -0.1) is 0 Å². The van der Waals surface area contributed by atoms with E-state index in [0.29, 0.717) is 0 Å². The zero-order valence-electron chi connectivity index (χ0n) is 7.38. The van der Waals surface area contributed by atoms with Crippen molar-refractivity contribution in [1.82, 2.24) is 4.98 Å². The van der Waals surface area contributed by atoms with Gasteiger partial charge in [-0.05, 0) is 37.3 Å². The van der Waals surface area contributed by atoms with Gasteiger partial charge in [-0.2, -0.15) is 0 Å². The van der Waals surface area contributed by atoms with Crippen LogP contribution in [0.3, 0.4) is 0 Å². The summed E-state index contributed by atoms with van der Waals surface area (Å²) < 4.78 is 0. The Hall–Kier alpha value is -0.890. The standard InChI is InChI=1S/C10H14N2/c1-8-5-9(7-12-6-8)10(11)3-2-4-10/h5-7H,2-4,11H2,1H3. The van der Waals surface area contributed by atoms with Gasteiger partial charge in [0.2, 0.25) is 0 Å². The Morgan fingerprint density at radius 3 is 2.67 bits per heavy atom. The minimum Gasteiger partial charge on any atom is -0.321 e. The molecule has 1 fully saturated rings. The van der Waals surface area contributed by atoms with Gasteiger partial charge in [-0.1, -0.05) is 6.07 Å². The van der Waals surface area contributed by atoms with Gasteiger partial charge in [0.25, 0.3) is 0 Å². The molecule has 1 aliphatic rings. The third kappa shape index (κ3) is 1.12. The molecule has 2 rings (SSSR count). The maximum atomic E-state index is 6.15. The number of aryl methyl sites for hydroxylation is 1. The summed E-state index contributed by atoms with van der Waals surface area (Å²) in [5, 5.41) is 0. The van der Waals surface area contributed by atoms with Gasteiger partial charge in [0.1, 0.15) is 0 Å². The molecule has 2 heteroatoms. The van der Waals surface area contributed by atoms with Gasteiger partial charge in [-0.3, -0.25) is 4.98 Å². The van der Waals surface area contributed by atoms with Crippen LogP contribution in [0.5, 0.6) is 0 Å². The summed E-state index contributed by atoms with van der Waals surface area (Å²) in [6.45, 7) is 2.05. The SMILES string of the molecule is Cc1cncc(C2(N)CCC2)c1. The Morgan fingerprint density at radius 1 is 1.42 bits per heavy atom. The zero-order valence-corrected chi connectivity index (χ0v) is 7.38. The molecule has 0 bridgehead atoms. The van der Waals surface area contributed by atoms with Crippen molar-refractivity contribution in [3.05, 3.63) is 29.6 Å². The highest BCUT2D eigenvalue weighted by Crippen LogP contribution is 2.38. The van der Waals surface area contributed by atoms with Crippen molar-refractivity contribution in [2.75, 3.05) is 0 Å². The second-order valence-corrected chi connectivity index (χ2v) is 3.76. The highest BCUT2D eigenvalue weighted by atomic mass is 14.8. The molecule has 0 saturated heterocycles. The van der Waals surface area contributed by atoms with Gasteiger partial charge < -0.3 is 5.73 Å². The molecule has 1 aliphatic carbocycles. The highest BCUT2D eigenvalue weighted by Gasteiger charge is 2.34. The summed E-state index contributed by atoms with van der Waals surface area (Å²) in [7, 11) is 0. The smallest absolute Gasteiger partial charge is 0.0425 e. The number of hydrogen-bond donors (Lipinski definition) is 1. The van der Waals surface area contributed by atoms with Crippen molar-refractivity contribution in [3.8, 4) is 0 Å². The summed E-state index contributed by atoms with van der Waals surface area (Å²) in [5.41, 5.74) is 8.50. The van der Waals surface area contributed by atoms with Crippen LogP contribution in [0, 0.1) is 6.92 Å². The van der Waals surface area contributed by atoms with E-state index in [1.165, 1.54) is 17.5 Å². The van der Waals surface area contributed by atoms with Crippen LogP contribution in [0.2, 0.25) is 0 Å². The Labute approximate surface area is 72.8 Å². The Kier molecular flexibility index (Phi) is 1.65. The predicted octanol–water partition coefficient (Wildman–Crippen LogP) is 1.73. The molecule has 1 aromatic rings. The van der Waals surface area contributed by atoms with Gasteiger partial charge in [-0.25, -0.2) is 0 Å². The van der Waals surface area contributed by atoms with Crippen LogP contribution >= 0.6 is 0 Å². The molecule has 0 atom stereocenters. The van der Waals surface area contributed by atoms with Gasteiger partial charge in [0, 0.05) is 17.9 Å². The van der Waals surface area contributed by atoms with Gasteiger partial charge in [0.05, 0.1) is 0 Å². The maximum absolute atomic E-state index is 6.15. The molecule has 1 heterocycles. The topological polar surface area (TPSA) is 38.9 Å². The van der Waals surface area contributed by atoms with Crippen molar-refractivity contribution in [1.29, 1.82) is 0 Å². The fourth-order valence-corrected chi connectivity index (χ4v) is 1.67.